The Hall–Kier alpha value is -2.62. The Morgan fingerprint density at radius 3 is 2.68 bits per heavy atom. The van der Waals surface area contributed by atoms with Crippen molar-refractivity contribution in [2.75, 3.05) is 6.54 Å². The van der Waals surface area contributed by atoms with Crippen molar-refractivity contribution in [1.82, 2.24) is 4.90 Å². The lowest BCUT2D eigenvalue weighted by molar-refractivity contribution is -0.143. The Kier molecular flexibility index (Phi) is 4.26. The van der Waals surface area contributed by atoms with Crippen molar-refractivity contribution in [3.05, 3.63) is 83.4 Å². The summed E-state index contributed by atoms with van der Waals surface area (Å²) in [5.41, 5.74) is 3.28. The third kappa shape index (κ3) is 3.04. The summed E-state index contributed by atoms with van der Waals surface area (Å²) in [6, 6.07) is 14.4. The van der Waals surface area contributed by atoms with E-state index < -0.39 is 6.10 Å². The molecule has 0 aromatic heterocycles. The van der Waals surface area contributed by atoms with E-state index in [1.54, 1.807) is 18.4 Å². The van der Waals surface area contributed by atoms with Gasteiger partial charge in [0, 0.05) is 6.54 Å². The third-order valence-electron chi connectivity index (χ3n) is 4.96. The van der Waals surface area contributed by atoms with E-state index in [9.17, 15) is 9.18 Å². The van der Waals surface area contributed by atoms with Crippen molar-refractivity contribution in [2.24, 2.45) is 0 Å². The molecule has 0 bridgehead atoms. The SMILES string of the molecule is O=C([C@H]1CCC=CO1)N1CCc2ccccc2[C@@H]1c1ccc(F)cc1. The lowest BCUT2D eigenvalue weighted by Crippen LogP contribution is -2.46. The molecular weight excluding hydrogens is 317 g/mol. The largest absolute Gasteiger partial charge is 0.489 e. The molecule has 0 aliphatic carbocycles. The number of ether oxygens (including phenoxy) is 1. The molecule has 0 fully saturated rings. The molecule has 2 aliphatic rings. The number of carbonyl (C=O) groups is 1. The van der Waals surface area contributed by atoms with E-state index in [0.717, 1.165) is 24.0 Å². The minimum atomic E-state index is -0.432. The van der Waals surface area contributed by atoms with E-state index >= 15 is 0 Å². The molecule has 2 heterocycles. The first-order valence-electron chi connectivity index (χ1n) is 8.68. The van der Waals surface area contributed by atoms with Crippen LogP contribution in [0.1, 0.15) is 35.6 Å². The lowest BCUT2D eigenvalue weighted by Gasteiger charge is -2.39. The van der Waals surface area contributed by atoms with E-state index in [0.29, 0.717) is 13.0 Å². The number of halogens is 1. The van der Waals surface area contributed by atoms with Crippen LogP contribution in [-0.2, 0) is 16.0 Å². The van der Waals surface area contributed by atoms with Gasteiger partial charge in [0.2, 0.25) is 0 Å². The number of benzene rings is 2. The molecule has 3 nitrogen and oxygen atoms in total. The van der Waals surface area contributed by atoms with E-state index in [1.165, 1.54) is 17.7 Å². The highest BCUT2D eigenvalue weighted by Gasteiger charge is 2.35. The zero-order valence-corrected chi connectivity index (χ0v) is 13.9. The van der Waals surface area contributed by atoms with Gasteiger partial charge in [-0.3, -0.25) is 4.79 Å². The molecule has 4 heteroatoms. The first-order valence-corrected chi connectivity index (χ1v) is 8.68. The van der Waals surface area contributed by atoms with Gasteiger partial charge in [-0.25, -0.2) is 4.39 Å². The standard InChI is InChI=1S/C21H20FNO2/c22-17-10-8-16(9-11-17)20-18-6-2-1-5-15(18)12-13-23(20)21(24)19-7-3-4-14-25-19/h1-2,4-6,8-11,14,19-20H,3,7,12-13H2/t19-,20+/m1/s1. The molecular formula is C21H20FNO2. The molecule has 0 unspecified atom stereocenters. The summed E-state index contributed by atoms with van der Waals surface area (Å²) in [5, 5.41) is 0. The molecule has 1 amide bonds. The fourth-order valence-electron chi connectivity index (χ4n) is 3.71. The average molecular weight is 337 g/mol. The van der Waals surface area contributed by atoms with Crippen LogP contribution in [0.4, 0.5) is 4.39 Å². The van der Waals surface area contributed by atoms with Crippen LogP contribution in [0.2, 0.25) is 0 Å². The fraction of sp³-hybridized carbons (Fsp3) is 0.286. The number of rotatable bonds is 2. The van der Waals surface area contributed by atoms with Gasteiger partial charge in [0.25, 0.3) is 5.91 Å². The highest BCUT2D eigenvalue weighted by atomic mass is 19.1. The van der Waals surface area contributed by atoms with Crippen molar-refractivity contribution >= 4 is 5.91 Å². The Morgan fingerprint density at radius 2 is 1.92 bits per heavy atom. The van der Waals surface area contributed by atoms with Gasteiger partial charge in [-0.2, -0.15) is 0 Å². The van der Waals surface area contributed by atoms with Crippen LogP contribution in [0.15, 0.2) is 60.9 Å². The highest BCUT2D eigenvalue weighted by molar-refractivity contribution is 5.82. The number of nitrogens with zero attached hydrogens (tertiary/aromatic N) is 1. The van der Waals surface area contributed by atoms with Crippen molar-refractivity contribution in [2.45, 2.75) is 31.4 Å². The predicted octanol–water partition coefficient (Wildman–Crippen LogP) is 3.99. The van der Waals surface area contributed by atoms with Crippen LogP contribution in [0.3, 0.4) is 0 Å². The van der Waals surface area contributed by atoms with Crippen molar-refractivity contribution in [3.63, 3.8) is 0 Å². The summed E-state index contributed by atoms with van der Waals surface area (Å²) in [7, 11) is 0. The van der Waals surface area contributed by atoms with Crippen LogP contribution >= 0.6 is 0 Å². The molecule has 4 rings (SSSR count). The highest BCUT2D eigenvalue weighted by Crippen LogP contribution is 2.36. The van der Waals surface area contributed by atoms with E-state index in [4.69, 9.17) is 4.74 Å². The summed E-state index contributed by atoms with van der Waals surface area (Å²) in [6.07, 6.45) is 5.50. The van der Waals surface area contributed by atoms with Gasteiger partial charge in [0.1, 0.15) is 5.82 Å². The van der Waals surface area contributed by atoms with Crippen molar-refractivity contribution in [3.8, 4) is 0 Å². The van der Waals surface area contributed by atoms with Gasteiger partial charge in [0.15, 0.2) is 6.10 Å². The monoisotopic (exact) mass is 337 g/mol. The van der Waals surface area contributed by atoms with Crippen LogP contribution in [-0.4, -0.2) is 23.5 Å². The lowest BCUT2D eigenvalue weighted by atomic mass is 9.87. The maximum absolute atomic E-state index is 13.4. The zero-order chi connectivity index (χ0) is 17.2. The van der Waals surface area contributed by atoms with Crippen LogP contribution in [0.5, 0.6) is 0 Å². The Labute approximate surface area is 146 Å². The van der Waals surface area contributed by atoms with Gasteiger partial charge < -0.3 is 9.64 Å². The fourth-order valence-corrected chi connectivity index (χ4v) is 3.71. The number of fused-ring (bicyclic) bond motifs is 1. The van der Waals surface area contributed by atoms with Crippen LogP contribution in [0.25, 0.3) is 0 Å². The Bertz CT molecular complexity index is 800. The summed E-state index contributed by atoms with van der Waals surface area (Å²) in [6.45, 7) is 0.640. The second-order valence-electron chi connectivity index (χ2n) is 6.51. The number of allylic oxidation sites excluding steroid dienone is 1. The van der Waals surface area contributed by atoms with Gasteiger partial charge in [0.05, 0.1) is 12.3 Å². The molecule has 128 valence electrons. The molecule has 0 spiro atoms. The molecule has 2 aromatic carbocycles. The normalized spacial score (nSPS) is 22.2. The van der Waals surface area contributed by atoms with Gasteiger partial charge >= 0.3 is 0 Å². The smallest absolute Gasteiger partial charge is 0.264 e. The molecule has 25 heavy (non-hydrogen) atoms. The number of amides is 1. The quantitative estimate of drug-likeness (QED) is 0.829. The predicted molar refractivity (Wildman–Crippen MR) is 93.3 cm³/mol. The minimum Gasteiger partial charge on any atom is -0.489 e. The van der Waals surface area contributed by atoms with Gasteiger partial charge in [-0.15, -0.1) is 0 Å². The molecule has 2 aromatic rings. The summed E-state index contributed by atoms with van der Waals surface area (Å²) >= 11 is 0. The number of hydrogen-bond acceptors (Lipinski definition) is 2. The maximum atomic E-state index is 13.4. The van der Waals surface area contributed by atoms with E-state index in [-0.39, 0.29) is 17.8 Å². The van der Waals surface area contributed by atoms with E-state index in [1.807, 2.05) is 23.1 Å². The Balaban J connectivity index is 1.73. The molecule has 0 radical (unpaired) electrons. The Morgan fingerprint density at radius 1 is 1.12 bits per heavy atom. The van der Waals surface area contributed by atoms with Crippen molar-refractivity contribution < 1.29 is 13.9 Å². The third-order valence-corrected chi connectivity index (χ3v) is 4.96. The van der Waals surface area contributed by atoms with Gasteiger partial charge in [-0.05, 0) is 54.2 Å². The summed E-state index contributed by atoms with van der Waals surface area (Å²) in [4.78, 5) is 15.0. The maximum Gasteiger partial charge on any atom is 0.264 e. The summed E-state index contributed by atoms with van der Waals surface area (Å²) < 4.78 is 18.9. The number of carbonyl (C=O) groups excluding carboxylic acids is 1. The average Bonchev–Trinajstić information content (AvgIpc) is 2.68. The van der Waals surface area contributed by atoms with Crippen LogP contribution < -0.4 is 0 Å². The molecule has 2 atom stereocenters. The molecule has 0 saturated heterocycles. The second kappa shape index (κ2) is 6.71. The van der Waals surface area contributed by atoms with Crippen LogP contribution in [0, 0.1) is 5.82 Å². The molecule has 0 saturated carbocycles. The van der Waals surface area contributed by atoms with Crippen molar-refractivity contribution in [1.29, 1.82) is 0 Å². The number of hydrogen-bond donors (Lipinski definition) is 0. The molecule has 2 aliphatic heterocycles. The van der Waals surface area contributed by atoms with E-state index in [2.05, 4.69) is 12.1 Å². The van der Waals surface area contributed by atoms with Gasteiger partial charge in [-0.1, -0.05) is 36.4 Å². The summed E-state index contributed by atoms with van der Waals surface area (Å²) in [5.74, 6) is -0.264. The second-order valence-corrected chi connectivity index (χ2v) is 6.51. The molecule has 0 N–H and O–H groups in total. The zero-order valence-electron chi connectivity index (χ0n) is 13.9. The first kappa shape index (κ1) is 15.9. The minimum absolute atomic E-state index is 0.00757. The first-order chi connectivity index (χ1) is 12.2. The topological polar surface area (TPSA) is 29.5 Å².